The van der Waals surface area contributed by atoms with Crippen LogP contribution in [0.15, 0.2) is 52.3 Å². The van der Waals surface area contributed by atoms with E-state index < -0.39 is 0 Å². The van der Waals surface area contributed by atoms with Crippen molar-refractivity contribution in [1.29, 1.82) is 0 Å². The van der Waals surface area contributed by atoms with Gasteiger partial charge in [0.25, 0.3) is 0 Å². The van der Waals surface area contributed by atoms with E-state index in [1.807, 2.05) is 48.0 Å². The smallest absolute Gasteiger partial charge is 0.190 e. The molecule has 114 valence electrons. The Hall–Kier alpha value is -2.38. The Balaban J connectivity index is 2.04. The van der Waals surface area contributed by atoms with Gasteiger partial charge in [-0.25, -0.2) is 14.6 Å². The number of hydrogen-bond donors (Lipinski definition) is 1. The molecular formula is C16H13N5S2. The second-order valence-corrected chi connectivity index (χ2v) is 6.46. The third kappa shape index (κ3) is 2.38. The van der Waals surface area contributed by atoms with Gasteiger partial charge in [0.2, 0.25) is 0 Å². The standard InChI is InChI=1S/C16H13N5S2/c1-22-16-18-13(10-7-8-23-9-10)12-14(17)21(20-15(12)19-16)11-5-3-2-4-6-11/h2-9H,17H2,1H3. The topological polar surface area (TPSA) is 69.6 Å². The van der Waals surface area contributed by atoms with Gasteiger partial charge in [-0.05, 0) is 29.8 Å². The number of thioether (sulfide) groups is 1. The third-order valence-electron chi connectivity index (χ3n) is 3.53. The summed E-state index contributed by atoms with van der Waals surface area (Å²) < 4.78 is 1.72. The van der Waals surface area contributed by atoms with Crippen LogP contribution in [0, 0.1) is 0 Å². The lowest BCUT2D eigenvalue weighted by atomic mass is 10.2. The SMILES string of the molecule is CSc1nc(-c2ccsc2)c2c(N)n(-c3ccccc3)nc2n1. The summed E-state index contributed by atoms with van der Waals surface area (Å²) in [6.45, 7) is 0. The first kappa shape index (κ1) is 14.2. The fraction of sp³-hybridized carbons (Fsp3) is 0.0625. The maximum Gasteiger partial charge on any atom is 0.190 e. The first-order valence-electron chi connectivity index (χ1n) is 6.96. The third-order valence-corrected chi connectivity index (χ3v) is 4.76. The minimum atomic E-state index is 0.556. The molecule has 0 aliphatic heterocycles. The summed E-state index contributed by atoms with van der Waals surface area (Å²) in [5.74, 6) is 0.556. The lowest BCUT2D eigenvalue weighted by molar-refractivity contribution is 0.890. The van der Waals surface area contributed by atoms with Crippen LogP contribution in [0.3, 0.4) is 0 Å². The Bertz CT molecular complexity index is 961. The Kier molecular flexibility index (Phi) is 3.51. The molecule has 0 amide bonds. The van der Waals surface area contributed by atoms with Gasteiger partial charge in [0.15, 0.2) is 10.8 Å². The van der Waals surface area contributed by atoms with Crippen LogP contribution in [0.2, 0.25) is 0 Å². The van der Waals surface area contributed by atoms with Crippen molar-refractivity contribution < 1.29 is 0 Å². The molecule has 0 unspecified atom stereocenters. The first-order valence-corrected chi connectivity index (χ1v) is 9.13. The molecule has 3 aromatic heterocycles. The predicted molar refractivity (Wildman–Crippen MR) is 96.2 cm³/mol. The Morgan fingerprint density at radius 3 is 2.65 bits per heavy atom. The lowest BCUT2D eigenvalue weighted by Gasteiger charge is -2.04. The van der Waals surface area contributed by atoms with Gasteiger partial charge in [-0.15, -0.1) is 5.10 Å². The molecule has 3 heterocycles. The molecule has 0 bridgehead atoms. The molecule has 0 spiro atoms. The second-order valence-electron chi connectivity index (χ2n) is 4.90. The van der Waals surface area contributed by atoms with Crippen LogP contribution >= 0.6 is 23.1 Å². The molecule has 23 heavy (non-hydrogen) atoms. The minimum Gasteiger partial charge on any atom is -0.383 e. The molecule has 0 aliphatic rings. The van der Waals surface area contributed by atoms with Gasteiger partial charge >= 0.3 is 0 Å². The second kappa shape index (κ2) is 5.68. The highest BCUT2D eigenvalue weighted by Gasteiger charge is 2.18. The molecule has 4 rings (SSSR count). The van der Waals surface area contributed by atoms with E-state index >= 15 is 0 Å². The fourth-order valence-corrected chi connectivity index (χ4v) is 3.46. The normalized spacial score (nSPS) is 11.2. The quantitative estimate of drug-likeness (QED) is 0.453. The maximum atomic E-state index is 6.39. The van der Waals surface area contributed by atoms with Crippen molar-refractivity contribution >= 4 is 39.9 Å². The van der Waals surface area contributed by atoms with Crippen LogP contribution < -0.4 is 5.73 Å². The molecule has 0 fully saturated rings. The summed E-state index contributed by atoms with van der Waals surface area (Å²) in [6, 6.07) is 11.9. The molecule has 2 N–H and O–H groups in total. The number of fused-ring (bicyclic) bond motifs is 1. The summed E-state index contributed by atoms with van der Waals surface area (Å²) in [5, 5.41) is 10.2. The van der Waals surface area contributed by atoms with E-state index in [1.165, 1.54) is 11.8 Å². The Labute approximate surface area is 141 Å². The summed E-state index contributed by atoms with van der Waals surface area (Å²) in [6.07, 6.45) is 1.95. The van der Waals surface area contributed by atoms with Gasteiger partial charge in [0.05, 0.1) is 16.8 Å². The lowest BCUT2D eigenvalue weighted by Crippen LogP contribution is -2.01. The summed E-state index contributed by atoms with van der Waals surface area (Å²) in [4.78, 5) is 9.17. The van der Waals surface area contributed by atoms with E-state index in [-0.39, 0.29) is 0 Å². The van der Waals surface area contributed by atoms with Crippen molar-refractivity contribution in [2.45, 2.75) is 5.16 Å². The van der Waals surface area contributed by atoms with Gasteiger partial charge in [0, 0.05) is 10.9 Å². The van der Waals surface area contributed by atoms with Crippen molar-refractivity contribution in [2.24, 2.45) is 0 Å². The van der Waals surface area contributed by atoms with Crippen molar-refractivity contribution in [2.75, 3.05) is 12.0 Å². The number of para-hydroxylation sites is 1. The Morgan fingerprint density at radius 2 is 1.96 bits per heavy atom. The largest absolute Gasteiger partial charge is 0.383 e. The van der Waals surface area contributed by atoms with Crippen LogP contribution in [-0.2, 0) is 0 Å². The Morgan fingerprint density at radius 1 is 1.13 bits per heavy atom. The fourth-order valence-electron chi connectivity index (χ4n) is 2.46. The van der Waals surface area contributed by atoms with Gasteiger partial charge in [-0.2, -0.15) is 11.3 Å². The number of thiophene rings is 1. The number of anilines is 1. The molecule has 4 aromatic rings. The van der Waals surface area contributed by atoms with E-state index in [0.717, 1.165) is 22.3 Å². The van der Waals surface area contributed by atoms with Gasteiger partial charge in [-0.1, -0.05) is 30.0 Å². The molecule has 5 nitrogen and oxygen atoms in total. The molecule has 0 radical (unpaired) electrons. The van der Waals surface area contributed by atoms with E-state index in [4.69, 9.17) is 5.73 Å². The van der Waals surface area contributed by atoms with Crippen LogP contribution in [0.4, 0.5) is 5.82 Å². The van der Waals surface area contributed by atoms with Gasteiger partial charge < -0.3 is 5.73 Å². The number of benzene rings is 1. The zero-order valence-corrected chi connectivity index (χ0v) is 13.9. The van der Waals surface area contributed by atoms with E-state index in [9.17, 15) is 0 Å². The molecule has 0 saturated carbocycles. The highest BCUT2D eigenvalue weighted by molar-refractivity contribution is 7.98. The summed E-state index contributed by atoms with van der Waals surface area (Å²) in [5.41, 5.74) is 9.78. The monoisotopic (exact) mass is 339 g/mol. The summed E-state index contributed by atoms with van der Waals surface area (Å²) >= 11 is 3.13. The van der Waals surface area contributed by atoms with Crippen molar-refractivity contribution in [1.82, 2.24) is 19.7 Å². The molecule has 7 heteroatoms. The van der Waals surface area contributed by atoms with Gasteiger partial charge in [-0.3, -0.25) is 0 Å². The number of hydrogen-bond acceptors (Lipinski definition) is 6. The zero-order valence-electron chi connectivity index (χ0n) is 12.3. The number of rotatable bonds is 3. The van der Waals surface area contributed by atoms with Gasteiger partial charge in [0.1, 0.15) is 5.82 Å². The van der Waals surface area contributed by atoms with Crippen LogP contribution in [0.25, 0.3) is 28.0 Å². The molecule has 0 atom stereocenters. The number of aromatic nitrogens is 4. The van der Waals surface area contributed by atoms with Crippen LogP contribution in [-0.4, -0.2) is 26.0 Å². The van der Waals surface area contributed by atoms with E-state index in [2.05, 4.69) is 20.4 Å². The molecule has 0 aliphatic carbocycles. The average molecular weight is 339 g/mol. The highest BCUT2D eigenvalue weighted by atomic mass is 32.2. The van der Waals surface area contributed by atoms with Crippen molar-refractivity contribution in [3.05, 3.63) is 47.2 Å². The number of nitrogens with two attached hydrogens (primary N) is 1. The summed E-state index contributed by atoms with van der Waals surface area (Å²) in [7, 11) is 0. The van der Waals surface area contributed by atoms with Crippen molar-refractivity contribution in [3.63, 3.8) is 0 Å². The van der Waals surface area contributed by atoms with E-state index in [1.54, 1.807) is 16.0 Å². The maximum absolute atomic E-state index is 6.39. The average Bonchev–Trinajstić information content (AvgIpc) is 3.23. The molecular weight excluding hydrogens is 326 g/mol. The molecule has 0 saturated heterocycles. The van der Waals surface area contributed by atoms with E-state index in [0.29, 0.717) is 16.6 Å². The molecule has 1 aromatic carbocycles. The number of nitrogen functional groups attached to an aromatic ring is 1. The van der Waals surface area contributed by atoms with Crippen LogP contribution in [0.5, 0.6) is 0 Å². The van der Waals surface area contributed by atoms with Crippen molar-refractivity contribution in [3.8, 4) is 16.9 Å². The first-order chi connectivity index (χ1) is 11.3. The highest BCUT2D eigenvalue weighted by Crippen LogP contribution is 2.33. The number of nitrogens with zero attached hydrogens (tertiary/aromatic N) is 4. The minimum absolute atomic E-state index is 0.556. The predicted octanol–water partition coefficient (Wildman–Crippen LogP) is 3.85. The van der Waals surface area contributed by atoms with Crippen LogP contribution in [0.1, 0.15) is 0 Å². The zero-order chi connectivity index (χ0) is 15.8.